The van der Waals surface area contributed by atoms with E-state index in [0.29, 0.717) is 12.2 Å². The van der Waals surface area contributed by atoms with Gasteiger partial charge in [-0.1, -0.05) is 0 Å². The fraction of sp³-hybridized carbons (Fsp3) is 0.286. The molecule has 0 bridgehead atoms. The fourth-order valence-electron chi connectivity index (χ4n) is 0.782. The normalized spacial score (nSPS) is 8.77. The van der Waals surface area contributed by atoms with Crippen LogP contribution in [0.15, 0.2) is 0 Å². The number of amides is 1. The van der Waals surface area contributed by atoms with Gasteiger partial charge < -0.3 is 11.1 Å². The second kappa shape index (κ2) is 4.61. The predicted molar refractivity (Wildman–Crippen MR) is 52.9 cm³/mol. The van der Waals surface area contributed by atoms with E-state index in [9.17, 15) is 4.79 Å². The highest BCUT2D eigenvalue weighted by molar-refractivity contribution is 5.85. The minimum absolute atomic E-state index is 0. The van der Waals surface area contributed by atoms with Crippen LogP contribution in [0.25, 0.3) is 0 Å². The van der Waals surface area contributed by atoms with Crippen LogP contribution in [0.5, 0.6) is 0 Å². The van der Waals surface area contributed by atoms with Crippen molar-refractivity contribution >= 4 is 30.5 Å². The molecule has 0 aliphatic heterocycles. The van der Waals surface area contributed by atoms with Crippen molar-refractivity contribution in [1.82, 2.24) is 9.97 Å². The number of rotatable bonds is 2. The summed E-state index contributed by atoms with van der Waals surface area (Å²) >= 11 is 0. The van der Waals surface area contributed by atoms with Gasteiger partial charge in [-0.2, -0.15) is 0 Å². The van der Waals surface area contributed by atoms with Gasteiger partial charge in [0.25, 0.3) is 0 Å². The monoisotopic (exact) mass is 202 g/mol. The molecule has 0 saturated heterocycles. The summed E-state index contributed by atoms with van der Waals surface area (Å²) in [4.78, 5) is 18.1. The molecule has 1 aromatic rings. The maximum atomic E-state index is 10.1. The number of aromatic nitrogens is 2. The van der Waals surface area contributed by atoms with Crippen LogP contribution in [-0.4, -0.2) is 16.4 Å². The molecule has 1 amide bonds. The first kappa shape index (κ1) is 11.6. The molecule has 6 heteroatoms. The molecule has 72 valence electrons. The zero-order valence-corrected chi connectivity index (χ0v) is 8.18. The fourth-order valence-corrected chi connectivity index (χ4v) is 0.782. The zero-order chi connectivity index (χ0) is 9.14. The first-order valence-corrected chi connectivity index (χ1v) is 3.46. The SMILES string of the molecule is Cc1nc(N)c(NC=O)nc1C.Cl. The molecule has 0 aliphatic carbocycles. The largest absolute Gasteiger partial charge is 0.381 e. The lowest BCUT2D eigenvalue weighted by Crippen LogP contribution is -2.06. The molecule has 1 heterocycles. The van der Waals surface area contributed by atoms with E-state index in [-0.39, 0.29) is 18.2 Å². The lowest BCUT2D eigenvalue weighted by atomic mass is 10.3. The predicted octanol–water partition coefficient (Wildman–Crippen LogP) is 0.666. The quantitative estimate of drug-likeness (QED) is 0.691. The van der Waals surface area contributed by atoms with Crippen LogP contribution in [0.3, 0.4) is 0 Å². The number of nitrogen functional groups attached to an aromatic ring is 1. The molecule has 1 aromatic heterocycles. The molecule has 0 aromatic carbocycles. The summed E-state index contributed by atoms with van der Waals surface area (Å²) in [6.07, 6.45) is 0.523. The lowest BCUT2D eigenvalue weighted by Gasteiger charge is -2.04. The number of hydrogen-bond acceptors (Lipinski definition) is 4. The second-order valence-electron chi connectivity index (χ2n) is 2.39. The van der Waals surface area contributed by atoms with Crippen molar-refractivity contribution in [2.45, 2.75) is 13.8 Å². The molecular weight excluding hydrogens is 192 g/mol. The highest BCUT2D eigenvalue weighted by Crippen LogP contribution is 2.13. The first-order chi connectivity index (χ1) is 5.65. The van der Waals surface area contributed by atoms with E-state index in [2.05, 4.69) is 15.3 Å². The highest BCUT2D eigenvalue weighted by Gasteiger charge is 2.03. The molecule has 0 fully saturated rings. The molecule has 0 unspecified atom stereocenters. The Labute approximate surface area is 82.2 Å². The molecule has 3 N–H and O–H groups in total. The maximum absolute atomic E-state index is 10.1. The highest BCUT2D eigenvalue weighted by atomic mass is 35.5. The van der Waals surface area contributed by atoms with Crippen molar-refractivity contribution in [2.24, 2.45) is 0 Å². The van der Waals surface area contributed by atoms with Crippen LogP contribution >= 0.6 is 12.4 Å². The van der Waals surface area contributed by atoms with Gasteiger partial charge in [0.1, 0.15) is 0 Å². The minimum Gasteiger partial charge on any atom is -0.381 e. The van der Waals surface area contributed by atoms with Gasteiger partial charge in [0.15, 0.2) is 11.6 Å². The third kappa shape index (κ3) is 2.55. The summed E-state index contributed by atoms with van der Waals surface area (Å²) in [6, 6.07) is 0. The van der Waals surface area contributed by atoms with Gasteiger partial charge in [0.05, 0.1) is 11.4 Å². The molecule has 0 spiro atoms. The van der Waals surface area contributed by atoms with Crippen molar-refractivity contribution < 1.29 is 4.79 Å². The molecule has 1 rings (SSSR count). The molecule has 5 nitrogen and oxygen atoms in total. The van der Waals surface area contributed by atoms with Gasteiger partial charge in [0.2, 0.25) is 6.41 Å². The van der Waals surface area contributed by atoms with Gasteiger partial charge in [-0.15, -0.1) is 12.4 Å². The zero-order valence-electron chi connectivity index (χ0n) is 7.37. The van der Waals surface area contributed by atoms with Crippen molar-refractivity contribution in [3.63, 3.8) is 0 Å². The summed E-state index contributed by atoms with van der Waals surface area (Å²) < 4.78 is 0. The molecular formula is C7H11ClN4O. The first-order valence-electron chi connectivity index (χ1n) is 3.46. The summed E-state index contributed by atoms with van der Waals surface area (Å²) in [7, 11) is 0. The number of carbonyl (C=O) groups is 1. The third-order valence-electron chi connectivity index (χ3n) is 1.53. The second-order valence-corrected chi connectivity index (χ2v) is 2.39. The van der Waals surface area contributed by atoms with Gasteiger partial charge >= 0.3 is 0 Å². The van der Waals surface area contributed by atoms with Crippen molar-refractivity contribution in [3.8, 4) is 0 Å². The van der Waals surface area contributed by atoms with Crippen LogP contribution in [-0.2, 0) is 4.79 Å². The Morgan fingerprint density at radius 1 is 1.31 bits per heavy atom. The third-order valence-corrected chi connectivity index (χ3v) is 1.53. The van der Waals surface area contributed by atoms with Crippen LogP contribution in [0, 0.1) is 13.8 Å². The summed E-state index contributed by atoms with van der Waals surface area (Å²) in [5.74, 6) is 0.554. The summed E-state index contributed by atoms with van der Waals surface area (Å²) in [5, 5.41) is 2.36. The number of halogens is 1. The van der Waals surface area contributed by atoms with E-state index in [4.69, 9.17) is 5.73 Å². The van der Waals surface area contributed by atoms with E-state index >= 15 is 0 Å². The van der Waals surface area contributed by atoms with Crippen LogP contribution in [0.1, 0.15) is 11.4 Å². The molecule has 0 radical (unpaired) electrons. The number of carbonyl (C=O) groups excluding carboxylic acids is 1. The summed E-state index contributed by atoms with van der Waals surface area (Å²) in [5.41, 5.74) is 7.01. The van der Waals surface area contributed by atoms with Gasteiger partial charge in [0, 0.05) is 0 Å². The Morgan fingerprint density at radius 3 is 2.38 bits per heavy atom. The Kier molecular flexibility index (Phi) is 4.13. The smallest absolute Gasteiger partial charge is 0.212 e. The Balaban J connectivity index is 0.00000144. The van der Waals surface area contributed by atoms with E-state index in [1.54, 1.807) is 6.92 Å². The molecule has 13 heavy (non-hydrogen) atoms. The summed E-state index contributed by atoms with van der Waals surface area (Å²) in [6.45, 7) is 3.61. The van der Waals surface area contributed by atoms with Gasteiger partial charge in [-0.3, -0.25) is 4.79 Å². The lowest BCUT2D eigenvalue weighted by molar-refractivity contribution is -0.105. The van der Waals surface area contributed by atoms with Crippen LogP contribution in [0.4, 0.5) is 11.6 Å². The maximum Gasteiger partial charge on any atom is 0.212 e. The van der Waals surface area contributed by atoms with E-state index in [1.807, 2.05) is 6.92 Å². The van der Waals surface area contributed by atoms with Gasteiger partial charge in [-0.25, -0.2) is 9.97 Å². The van der Waals surface area contributed by atoms with Crippen molar-refractivity contribution in [1.29, 1.82) is 0 Å². The van der Waals surface area contributed by atoms with Gasteiger partial charge in [-0.05, 0) is 13.8 Å². The number of nitrogens with zero attached hydrogens (tertiary/aromatic N) is 2. The standard InChI is InChI=1S/C7H10N4O.ClH/c1-4-5(2)11-7(9-3-12)6(8)10-4;/h3H,1-2H3,(H2,8,10)(H,9,11,12);1H. The molecule has 0 aliphatic rings. The average molecular weight is 203 g/mol. The van der Waals surface area contributed by atoms with E-state index in [0.717, 1.165) is 11.4 Å². The Morgan fingerprint density at radius 2 is 1.85 bits per heavy atom. The molecule has 0 saturated carbocycles. The topological polar surface area (TPSA) is 80.9 Å². The number of aryl methyl sites for hydroxylation is 2. The Bertz CT molecular complexity index is 316. The van der Waals surface area contributed by atoms with Crippen molar-refractivity contribution in [2.75, 3.05) is 11.1 Å². The number of nitrogens with one attached hydrogen (secondary N) is 1. The molecule has 0 atom stereocenters. The average Bonchev–Trinajstić information content (AvgIpc) is 2.01. The van der Waals surface area contributed by atoms with Crippen LogP contribution in [0.2, 0.25) is 0 Å². The number of hydrogen-bond donors (Lipinski definition) is 2. The Hall–Kier alpha value is -1.36. The van der Waals surface area contributed by atoms with E-state index in [1.165, 1.54) is 0 Å². The minimum atomic E-state index is 0. The number of anilines is 2. The number of nitrogens with two attached hydrogens (primary N) is 1. The van der Waals surface area contributed by atoms with E-state index < -0.39 is 0 Å². The van der Waals surface area contributed by atoms with Crippen molar-refractivity contribution in [3.05, 3.63) is 11.4 Å². The van der Waals surface area contributed by atoms with Crippen LogP contribution < -0.4 is 11.1 Å².